The Balaban J connectivity index is 2.72. The first kappa shape index (κ1) is 14.3. The molecule has 0 saturated heterocycles. The van der Waals surface area contributed by atoms with Crippen LogP contribution >= 0.6 is 0 Å². The third-order valence-corrected chi connectivity index (χ3v) is 2.36. The molecule has 0 aliphatic carbocycles. The van der Waals surface area contributed by atoms with Crippen molar-refractivity contribution in [3.8, 4) is 11.5 Å². The van der Waals surface area contributed by atoms with Crippen LogP contribution in [-0.2, 0) is 9.53 Å². The van der Waals surface area contributed by atoms with E-state index in [0.29, 0.717) is 11.5 Å². The first-order valence-corrected chi connectivity index (χ1v) is 5.35. The molecule has 1 aromatic carbocycles. The van der Waals surface area contributed by atoms with Crippen LogP contribution < -0.4 is 15.2 Å². The van der Waals surface area contributed by atoms with Gasteiger partial charge in [-0.15, -0.1) is 0 Å². The summed E-state index contributed by atoms with van der Waals surface area (Å²) in [6, 6.07) is 4.79. The van der Waals surface area contributed by atoms with E-state index in [1.807, 2.05) is 0 Å². The number of aliphatic carboxylic acids is 1. The minimum atomic E-state index is -1.02. The lowest BCUT2D eigenvalue weighted by Gasteiger charge is -2.16. The molecule has 0 bridgehead atoms. The highest BCUT2D eigenvalue weighted by Gasteiger charge is 2.13. The molecule has 0 saturated carbocycles. The molecule has 0 aromatic heterocycles. The summed E-state index contributed by atoms with van der Waals surface area (Å²) < 4.78 is 15.2. The molecule has 18 heavy (non-hydrogen) atoms. The van der Waals surface area contributed by atoms with Crippen LogP contribution in [0.5, 0.6) is 11.5 Å². The van der Waals surface area contributed by atoms with Gasteiger partial charge in [-0.2, -0.15) is 0 Å². The largest absolute Gasteiger partial charge is 0.497 e. The Bertz CT molecular complexity index is 407. The topological polar surface area (TPSA) is 91.0 Å². The Hall–Kier alpha value is -1.79. The minimum Gasteiger partial charge on any atom is -0.497 e. The maximum Gasteiger partial charge on any atom is 0.329 e. The Kier molecular flexibility index (Phi) is 5.41. The lowest BCUT2D eigenvalue weighted by atomic mass is 10.1. The number of benzene rings is 1. The van der Waals surface area contributed by atoms with E-state index >= 15 is 0 Å². The van der Waals surface area contributed by atoms with Crippen molar-refractivity contribution < 1.29 is 24.1 Å². The number of hydrogen-bond donors (Lipinski definition) is 2. The average molecular weight is 255 g/mol. The van der Waals surface area contributed by atoms with E-state index in [1.165, 1.54) is 7.11 Å². The predicted octanol–water partition coefficient (Wildman–Crippen LogP) is 0.805. The summed E-state index contributed by atoms with van der Waals surface area (Å²) >= 11 is 0. The van der Waals surface area contributed by atoms with Gasteiger partial charge in [-0.05, 0) is 12.1 Å². The Morgan fingerprint density at radius 2 is 2.11 bits per heavy atom. The zero-order valence-electron chi connectivity index (χ0n) is 10.4. The number of rotatable bonds is 7. The van der Waals surface area contributed by atoms with Crippen LogP contribution in [0.3, 0.4) is 0 Å². The first-order valence-electron chi connectivity index (χ1n) is 5.35. The van der Waals surface area contributed by atoms with Gasteiger partial charge in [0.05, 0.1) is 26.9 Å². The highest BCUT2D eigenvalue weighted by molar-refractivity contribution is 5.68. The van der Waals surface area contributed by atoms with Crippen molar-refractivity contribution in [1.82, 2.24) is 0 Å². The molecular weight excluding hydrogens is 238 g/mol. The predicted molar refractivity (Wildman–Crippen MR) is 64.9 cm³/mol. The summed E-state index contributed by atoms with van der Waals surface area (Å²) in [7, 11) is 3.09. The van der Waals surface area contributed by atoms with Crippen molar-refractivity contribution in [1.29, 1.82) is 0 Å². The summed E-state index contributed by atoms with van der Waals surface area (Å²) in [5.74, 6) is 0.221. The van der Waals surface area contributed by atoms with Crippen LogP contribution in [0, 0.1) is 0 Å². The summed E-state index contributed by atoms with van der Waals surface area (Å²) in [6.45, 7) is -0.263. The standard InChI is InChI=1S/C12H17NO5/c1-16-8-3-4-9(11(5-8)17-2)10(13)6-18-7-12(14)15/h3-5,10H,6-7,13H2,1-2H3,(H,14,15). The van der Waals surface area contributed by atoms with Gasteiger partial charge in [0.25, 0.3) is 0 Å². The van der Waals surface area contributed by atoms with Crippen molar-refractivity contribution in [2.45, 2.75) is 6.04 Å². The quantitative estimate of drug-likeness (QED) is 0.749. The molecule has 0 fully saturated rings. The van der Waals surface area contributed by atoms with Gasteiger partial charge in [0.1, 0.15) is 18.1 Å². The molecule has 0 amide bonds. The second kappa shape index (κ2) is 6.83. The fourth-order valence-electron chi connectivity index (χ4n) is 1.49. The molecule has 1 atom stereocenters. The smallest absolute Gasteiger partial charge is 0.329 e. The molecule has 0 radical (unpaired) electrons. The summed E-state index contributed by atoms with van der Waals surface area (Å²) in [6.07, 6.45) is 0. The molecule has 0 aliphatic rings. The summed E-state index contributed by atoms with van der Waals surface area (Å²) in [4.78, 5) is 10.3. The van der Waals surface area contributed by atoms with Crippen molar-refractivity contribution in [3.05, 3.63) is 23.8 Å². The van der Waals surface area contributed by atoms with Crippen LogP contribution in [0.4, 0.5) is 0 Å². The second-order valence-electron chi connectivity index (χ2n) is 3.62. The number of ether oxygens (including phenoxy) is 3. The zero-order valence-corrected chi connectivity index (χ0v) is 10.4. The molecule has 0 heterocycles. The van der Waals surface area contributed by atoms with Crippen LogP contribution in [0.2, 0.25) is 0 Å². The lowest BCUT2D eigenvalue weighted by molar-refractivity contribution is -0.142. The normalized spacial score (nSPS) is 11.9. The van der Waals surface area contributed by atoms with Crippen molar-refractivity contribution in [2.24, 2.45) is 5.73 Å². The Labute approximate surface area is 105 Å². The number of carboxylic acid groups (broad SMARTS) is 1. The van der Waals surface area contributed by atoms with Gasteiger partial charge in [-0.25, -0.2) is 4.79 Å². The SMILES string of the molecule is COc1ccc(C(N)COCC(=O)O)c(OC)c1. The molecule has 1 unspecified atom stereocenters. The highest BCUT2D eigenvalue weighted by Crippen LogP contribution is 2.28. The number of carbonyl (C=O) groups is 1. The van der Waals surface area contributed by atoms with E-state index in [9.17, 15) is 4.79 Å². The molecule has 0 spiro atoms. The number of hydrogen-bond acceptors (Lipinski definition) is 5. The minimum absolute atomic E-state index is 0.106. The maximum atomic E-state index is 10.3. The monoisotopic (exact) mass is 255 g/mol. The third-order valence-electron chi connectivity index (χ3n) is 2.36. The molecule has 100 valence electrons. The van der Waals surface area contributed by atoms with Gasteiger partial charge in [-0.1, -0.05) is 0 Å². The molecule has 1 rings (SSSR count). The summed E-state index contributed by atoms with van der Waals surface area (Å²) in [5, 5.41) is 8.46. The van der Waals surface area contributed by atoms with Crippen LogP contribution in [0.15, 0.2) is 18.2 Å². The van der Waals surface area contributed by atoms with E-state index in [0.717, 1.165) is 5.56 Å². The van der Waals surface area contributed by atoms with Gasteiger partial charge in [0.2, 0.25) is 0 Å². The van der Waals surface area contributed by atoms with E-state index in [1.54, 1.807) is 25.3 Å². The number of methoxy groups -OCH3 is 2. The lowest BCUT2D eigenvalue weighted by Crippen LogP contribution is -2.20. The van der Waals surface area contributed by atoms with Gasteiger partial charge in [0.15, 0.2) is 0 Å². The van der Waals surface area contributed by atoms with Crippen molar-refractivity contribution in [3.63, 3.8) is 0 Å². The maximum absolute atomic E-state index is 10.3. The fourth-order valence-corrected chi connectivity index (χ4v) is 1.49. The van der Waals surface area contributed by atoms with Gasteiger partial charge >= 0.3 is 5.97 Å². The average Bonchev–Trinajstić information content (AvgIpc) is 2.37. The summed E-state index contributed by atoms with van der Waals surface area (Å²) in [5.41, 5.74) is 6.65. The highest BCUT2D eigenvalue weighted by atomic mass is 16.5. The van der Waals surface area contributed by atoms with Crippen molar-refractivity contribution >= 4 is 5.97 Å². The van der Waals surface area contributed by atoms with E-state index in [4.69, 9.17) is 25.1 Å². The van der Waals surface area contributed by atoms with E-state index in [-0.39, 0.29) is 13.2 Å². The molecule has 3 N–H and O–H groups in total. The van der Waals surface area contributed by atoms with Crippen LogP contribution in [0.1, 0.15) is 11.6 Å². The Morgan fingerprint density at radius 1 is 1.39 bits per heavy atom. The van der Waals surface area contributed by atoms with Crippen molar-refractivity contribution in [2.75, 3.05) is 27.4 Å². The molecular formula is C12H17NO5. The number of carboxylic acids is 1. The third kappa shape index (κ3) is 3.90. The number of nitrogens with two attached hydrogens (primary N) is 1. The van der Waals surface area contributed by atoms with Gasteiger partial charge in [-0.3, -0.25) is 0 Å². The Morgan fingerprint density at radius 3 is 2.67 bits per heavy atom. The molecule has 1 aromatic rings. The van der Waals surface area contributed by atoms with Gasteiger partial charge < -0.3 is 25.1 Å². The van der Waals surface area contributed by atoms with Gasteiger partial charge in [0, 0.05) is 11.6 Å². The van der Waals surface area contributed by atoms with Crippen LogP contribution in [0.25, 0.3) is 0 Å². The van der Waals surface area contributed by atoms with E-state index < -0.39 is 12.0 Å². The fraction of sp³-hybridized carbons (Fsp3) is 0.417. The molecule has 0 aliphatic heterocycles. The zero-order chi connectivity index (χ0) is 13.5. The second-order valence-corrected chi connectivity index (χ2v) is 3.62. The molecule has 6 nitrogen and oxygen atoms in total. The first-order chi connectivity index (χ1) is 8.58. The van der Waals surface area contributed by atoms with E-state index in [2.05, 4.69) is 0 Å². The van der Waals surface area contributed by atoms with Crippen LogP contribution in [-0.4, -0.2) is 38.5 Å². The molecule has 6 heteroatoms.